The summed E-state index contributed by atoms with van der Waals surface area (Å²) >= 11 is 0. The summed E-state index contributed by atoms with van der Waals surface area (Å²) in [5.41, 5.74) is 1.00. The fraction of sp³-hybridized carbons (Fsp3) is 0.636. The van der Waals surface area contributed by atoms with Crippen LogP contribution in [0.4, 0.5) is 0 Å². The maximum atomic E-state index is 12.1. The van der Waals surface area contributed by atoms with Gasteiger partial charge in [0.2, 0.25) is 0 Å². The van der Waals surface area contributed by atoms with Gasteiger partial charge in [-0.15, -0.1) is 0 Å². The van der Waals surface area contributed by atoms with E-state index in [1.807, 2.05) is 0 Å². The summed E-state index contributed by atoms with van der Waals surface area (Å²) in [4.78, 5) is 13.7. The summed E-state index contributed by atoms with van der Waals surface area (Å²) in [6.45, 7) is 3.32. The second kappa shape index (κ2) is 4.65. The second-order valence-corrected chi connectivity index (χ2v) is 4.36. The molecule has 1 amide bonds. The van der Waals surface area contributed by atoms with Crippen LogP contribution in [0.25, 0.3) is 0 Å². The van der Waals surface area contributed by atoms with E-state index >= 15 is 0 Å². The Morgan fingerprint density at radius 3 is 3.12 bits per heavy atom. The first-order valence-corrected chi connectivity index (χ1v) is 5.52. The molecule has 5 nitrogen and oxygen atoms in total. The maximum Gasteiger partial charge on any atom is 0.252 e. The molecule has 1 aromatic rings. The zero-order chi connectivity index (χ0) is 11.5. The number of H-pyrrole nitrogens is 1. The minimum atomic E-state index is -0.267. The van der Waals surface area contributed by atoms with Crippen molar-refractivity contribution in [3.05, 3.63) is 18.0 Å². The zero-order valence-electron chi connectivity index (χ0n) is 9.64. The van der Waals surface area contributed by atoms with Gasteiger partial charge in [0, 0.05) is 32.0 Å². The lowest BCUT2D eigenvalue weighted by molar-refractivity contribution is -0.141. The minimum absolute atomic E-state index is 0.0613. The molecule has 0 bridgehead atoms. The summed E-state index contributed by atoms with van der Waals surface area (Å²) in [6.07, 6.45) is 4.22. The Bertz CT molecular complexity index is 350. The zero-order valence-corrected chi connectivity index (χ0v) is 9.64. The molecular weight excluding hydrogens is 206 g/mol. The normalized spacial score (nSPS) is 24.6. The van der Waals surface area contributed by atoms with Crippen LogP contribution in [0.2, 0.25) is 0 Å². The van der Waals surface area contributed by atoms with Gasteiger partial charge in [0.1, 0.15) is 6.10 Å². The Morgan fingerprint density at radius 1 is 1.75 bits per heavy atom. The van der Waals surface area contributed by atoms with Crippen molar-refractivity contribution in [3.8, 4) is 0 Å². The topological polar surface area (TPSA) is 58.2 Å². The maximum absolute atomic E-state index is 12.1. The van der Waals surface area contributed by atoms with Gasteiger partial charge >= 0.3 is 0 Å². The van der Waals surface area contributed by atoms with Crippen LogP contribution in [-0.2, 0) is 16.1 Å². The quantitative estimate of drug-likeness (QED) is 0.824. The lowest BCUT2D eigenvalue weighted by Gasteiger charge is -2.22. The van der Waals surface area contributed by atoms with Crippen LogP contribution in [-0.4, -0.2) is 40.8 Å². The third-order valence-electron chi connectivity index (χ3n) is 2.98. The van der Waals surface area contributed by atoms with Crippen molar-refractivity contribution in [2.45, 2.75) is 26.0 Å². The van der Waals surface area contributed by atoms with Crippen molar-refractivity contribution in [1.29, 1.82) is 0 Å². The highest BCUT2D eigenvalue weighted by molar-refractivity contribution is 5.81. The Hall–Kier alpha value is -1.36. The number of nitrogens with zero attached hydrogens (tertiary/aromatic N) is 2. The van der Waals surface area contributed by atoms with Crippen LogP contribution < -0.4 is 0 Å². The predicted octanol–water partition coefficient (Wildman–Crippen LogP) is 0.793. The average Bonchev–Trinajstić information content (AvgIpc) is 2.88. The van der Waals surface area contributed by atoms with Gasteiger partial charge in [-0.3, -0.25) is 9.89 Å². The largest absolute Gasteiger partial charge is 0.368 e. The molecule has 5 heteroatoms. The number of likely N-dealkylation sites (N-methyl/N-ethyl adjacent to an activating group) is 1. The summed E-state index contributed by atoms with van der Waals surface area (Å²) in [7, 11) is 1.80. The van der Waals surface area contributed by atoms with Gasteiger partial charge in [-0.2, -0.15) is 5.10 Å². The van der Waals surface area contributed by atoms with Crippen LogP contribution in [0.15, 0.2) is 12.4 Å². The molecule has 2 rings (SSSR count). The van der Waals surface area contributed by atoms with Crippen molar-refractivity contribution in [2.24, 2.45) is 5.92 Å². The van der Waals surface area contributed by atoms with Crippen molar-refractivity contribution in [2.75, 3.05) is 13.7 Å². The van der Waals surface area contributed by atoms with Crippen LogP contribution in [0.5, 0.6) is 0 Å². The molecule has 0 radical (unpaired) electrons. The first-order chi connectivity index (χ1) is 7.68. The molecule has 2 unspecified atom stereocenters. The monoisotopic (exact) mass is 223 g/mol. The lowest BCUT2D eigenvalue weighted by atomic mass is 10.0. The van der Waals surface area contributed by atoms with E-state index in [-0.39, 0.29) is 12.0 Å². The number of nitrogens with one attached hydrogen (secondary N) is 1. The molecule has 1 aromatic heterocycles. The van der Waals surface area contributed by atoms with E-state index in [2.05, 4.69) is 17.1 Å². The summed E-state index contributed by atoms with van der Waals surface area (Å²) in [6, 6.07) is 0. The summed E-state index contributed by atoms with van der Waals surface area (Å²) in [5.74, 6) is 0.380. The number of carbonyl (C=O) groups excluding carboxylic acids is 1. The van der Waals surface area contributed by atoms with Gasteiger partial charge in [0.05, 0.1) is 6.20 Å². The number of aromatic amines is 1. The van der Waals surface area contributed by atoms with Gasteiger partial charge in [-0.1, -0.05) is 6.92 Å². The molecule has 0 saturated carbocycles. The van der Waals surface area contributed by atoms with E-state index in [1.165, 1.54) is 0 Å². The van der Waals surface area contributed by atoms with Crippen molar-refractivity contribution in [1.82, 2.24) is 15.1 Å². The number of rotatable bonds is 3. The number of ether oxygens (including phenoxy) is 1. The fourth-order valence-electron chi connectivity index (χ4n) is 1.94. The fourth-order valence-corrected chi connectivity index (χ4v) is 1.94. The molecular formula is C11H17N3O2. The molecule has 1 aliphatic rings. The van der Waals surface area contributed by atoms with Gasteiger partial charge < -0.3 is 9.64 Å². The highest BCUT2D eigenvalue weighted by Crippen LogP contribution is 2.21. The number of amides is 1. The SMILES string of the molecule is CC1CCOC1C(=O)N(C)Cc1cn[nH]c1. The van der Waals surface area contributed by atoms with Crippen LogP contribution >= 0.6 is 0 Å². The number of hydrogen-bond donors (Lipinski definition) is 1. The van der Waals surface area contributed by atoms with E-state index < -0.39 is 0 Å². The Balaban J connectivity index is 1.94. The molecule has 0 aromatic carbocycles. The van der Waals surface area contributed by atoms with Gasteiger partial charge in [-0.05, 0) is 12.3 Å². The highest BCUT2D eigenvalue weighted by Gasteiger charge is 2.32. The third kappa shape index (κ3) is 2.24. The molecule has 2 heterocycles. The molecule has 88 valence electrons. The summed E-state index contributed by atoms with van der Waals surface area (Å²) in [5, 5.41) is 6.59. The first kappa shape index (κ1) is 11.1. The molecule has 1 aliphatic heterocycles. The highest BCUT2D eigenvalue weighted by atomic mass is 16.5. The molecule has 1 fully saturated rings. The van der Waals surface area contributed by atoms with E-state index in [9.17, 15) is 4.79 Å². The van der Waals surface area contributed by atoms with Crippen LogP contribution in [0, 0.1) is 5.92 Å². The number of hydrogen-bond acceptors (Lipinski definition) is 3. The Labute approximate surface area is 94.8 Å². The molecule has 1 N–H and O–H groups in total. The minimum Gasteiger partial charge on any atom is -0.368 e. The smallest absolute Gasteiger partial charge is 0.252 e. The Kier molecular flexibility index (Phi) is 3.24. The lowest BCUT2D eigenvalue weighted by Crippen LogP contribution is -2.38. The molecule has 0 aliphatic carbocycles. The molecule has 16 heavy (non-hydrogen) atoms. The van der Waals surface area contributed by atoms with Crippen molar-refractivity contribution < 1.29 is 9.53 Å². The molecule has 0 spiro atoms. The van der Waals surface area contributed by atoms with E-state index in [0.29, 0.717) is 19.1 Å². The predicted molar refractivity (Wildman–Crippen MR) is 58.6 cm³/mol. The van der Waals surface area contributed by atoms with Crippen LogP contribution in [0.1, 0.15) is 18.9 Å². The van der Waals surface area contributed by atoms with Gasteiger partial charge in [0.25, 0.3) is 5.91 Å². The average molecular weight is 223 g/mol. The van der Waals surface area contributed by atoms with Crippen molar-refractivity contribution in [3.63, 3.8) is 0 Å². The van der Waals surface area contributed by atoms with E-state index in [4.69, 9.17) is 4.74 Å². The molecule has 2 atom stereocenters. The van der Waals surface area contributed by atoms with Crippen LogP contribution in [0.3, 0.4) is 0 Å². The standard InChI is InChI=1S/C11H17N3O2/c1-8-3-4-16-10(8)11(15)14(2)7-9-5-12-13-6-9/h5-6,8,10H,3-4,7H2,1-2H3,(H,12,13). The van der Waals surface area contributed by atoms with E-state index in [1.54, 1.807) is 24.3 Å². The second-order valence-electron chi connectivity index (χ2n) is 4.36. The summed E-state index contributed by atoms with van der Waals surface area (Å²) < 4.78 is 5.45. The molecule has 1 saturated heterocycles. The number of aromatic nitrogens is 2. The van der Waals surface area contributed by atoms with E-state index in [0.717, 1.165) is 12.0 Å². The van der Waals surface area contributed by atoms with Crippen molar-refractivity contribution >= 4 is 5.91 Å². The van der Waals surface area contributed by atoms with Gasteiger partial charge in [0.15, 0.2) is 0 Å². The number of carbonyl (C=O) groups is 1. The first-order valence-electron chi connectivity index (χ1n) is 5.52. The van der Waals surface area contributed by atoms with Gasteiger partial charge in [-0.25, -0.2) is 0 Å². The Morgan fingerprint density at radius 2 is 2.56 bits per heavy atom. The third-order valence-corrected chi connectivity index (χ3v) is 2.98.